The SMILES string of the molecule is NC(CC(=O)O)C(O)c1ccc(Br)cc1. The molecule has 0 amide bonds. The highest BCUT2D eigenvalue weighted by Crippen LogP contribution is 2.19. The van der Waals surface area contributed by atoms with Gasteiger partial charge in [-0.3, -0.25) is 4.79 Å². The molecule has 0 heterocycles. The van der Waals surface area contributed by atoms with Crippen LogP contribution in [-0.4, -0.2) is 22.2 Å². The second kappa shape index (κ2) is 5.25. The average molecular weight is 274 g/mol. The number of nitrogens with two attached hydrogens (primary N) is 1. The molecule has 0 saturated heterocycles. The van der Waals surface area contributed by atoms with E-state index in [0.717, 1.165) is 4.47 Å². The first-order chi connectivity index (χ1) is 7.00. The number of rotatable bonds is 4. The maximum absolute atomic E-state index is 10.4. The summed E-state index contributed by atoms with van der Waals surface area (Å²) in [7, 11) is 0. The van der Waals surface area contributed by atoms with Gasteiger partial charge in [-0.15, -0.1) is 0 Å². The molecule has 1 aromatic rings. The lowest BCUT2D eigenvalue weighted by molar-refractivity contribution is -0.138. The molecule has 0 aromatic heterocycles. The third kappa shape index (κ3) is 3.62. The van der Waals surface area contributed by atoms with Crippen molar-refractivity contribution in [2.75, 3.05) is 0 Å². The van der Waals surface area contributed by atoms with Crippen molar-refractivity contribution in [2.24, 2.45) is 5.73 Å². The predicted octanol–water partition coefficient (Wildman–Crippen LogP) is 1.28. The summed E-state index contributed by atoms with van der Waals surface area (Å²) in [6, 6.07) is 6.16. The first-order valence-corrected chi connectivity index (χ1v) is 5.21. The second-order valence-corrected chi connectivity index (χ2v) is 4.17. The van der Waals surface area contributed by atoms with Gasteiger partial charge in [-0.1, -0.05) is 28.1 Å². The summed E-state index contributed by atoms with van der Waals surface area (Å²) in [5.41, 5.74) is 6.16. The first-order valence-electron chi connectivity index (χ1n) is 4.41. The topological polar surface area (TPSA) is 83.6 Å². The zero-order valence-corrected chi connectivity index (χ0v) is 9.52. The number of hydrogen-bond acceptors (Lipinski definition) is 3. The van der Waals surface area contributed by atoms with Crippen molar-refractivity contribution < 1.29 is 15.0 Å². The van der Waals surface area contributed by atoms with Crippen LogP contribution in [0.2, 0.25) is 0 Å². The summed E-state index contributed by atoms with van der Waals surface area (Å²) in [5.74, 6) is -1.02. The molecule has 82 valence electrons. The minimum Gasteiger partial charge on any atom is -0.481 e. The van der Waals surface area contributed by atoms with E-state index in [1.165, 1.54) is 0 Å². The molecule has 2 unspecified atom stereocenters. The number of hydrogen-bond donors (Lipinski definition) is 3. The van der Waals surface area contributed by atoms with Gasteiger partial charge >= 0.3 is 5.97 Å². The number of benzene rings is 1. The van der Waals surface area contributed by atoms with Crippen molar-refractivity contribution in [3.05, 3.63) is 34.3 Å². The summed E-state index contributed by atoms with van der Waals surface area (Å²) >= 11 is 3.26. The Hall–Kier alpha value is -0.910. The first kappa shape index (κ1) is 12.2. The van der Waals surface area contributed by atoms with E-state index in [9.17, 15) is 9.90 Å². The Balaban J connectivity index is 2.71. The Bertz CT molecular complexity index is 339. The molecule has 15 heavy (non-hydrogen) atoms. The maximum atomic E-state index is 10.4. The van der Waals surface area contributed by atoms with Crippen LogP contribution in [0.5, 0.6) is 0 Å². The number of carboxylic acid groups (broad SMARTS) is 1. The molecule has 0 radical (unpaired) electrons. The van der Waals surface area contributed by atoms with Crippen LogP contribution in [0.1, 0.15) is 18.1 Å². The fourth-order valence-corrected chi connectivity index (χ4v) is 1.48. The van der Waals surface area contributed by atoms with E-state index in [1.54, 1.807) is 24.3 Å². The molecule has 5 heteroatoms. The van der Waals surface area contributed by atoms with E-state index in [-0.39, 0.29) is 6.42 Å². The molecule has 0 aliphatic rings. The molecular weight excluding hydrogens is 262 g/mol. The van der Waals surface area contributed by atoms with Crippen LogP contribution in [0.4, 0.5) is 0 Å². The smallest absolute Gasteiger partial charge is 0.305 e. The molecule has 0 bridgehead atoms. The molecule has 0 aliphatic heterocycles. The van der Waals surface area contributed by atoms with Gasteiger partial charge in [0, 0.05) is 10.5 Å². The highest BCUT2D eigenvalue weighted by molar-refractivity contribution is 9.10. The molecule has 1 rings (SSSR count). The van der Waals surface area contributed by atoms with Crippen molar-refractivity contribution >= 4 is 21.9 Å². The fourth-order valence-electron chi connectivity index (χ4n) is 1.22. The fraction of sp³-hybridized carbons (Fsp3) is 0.300. The van der Waals surface area contributed by atoms with Gasteiger partial charge in [0.25, 0.3) is 0 Å². The predicted molar refractivity (Wildman–Crippen MR) is 59.3 cm³/mol. The maximum Gasteiger partial charge on any atom is 0.305 e. The highest BCUT2D eigenvalue weighted by Gasteiger charge is 2.19. The molecule has 2 atom stereocenters. The molecular formula is C10H12BrNO3. The van der Waals surface area contributed by atoms with Crippen LogP contribution in [0.3, 0.4) is 0 Å². The Kier molecular flexibility index (Phi) is 4.26. The summed E-state index contributed by atoms with van der Waals surface area (Å²) in [5, 5.41) is 18.3. The monoisotopic (exact) mass is 273 g/mol. The second-order valence-electron chi connectivity index (χ2n) is 3.26. The van der Waals surface area contributed by atoms with E-state index in [0.29, 0.717) is 5.56 Å². The van der Waals surface area contributed by atoms with E-state index in [2.05, 4.69) is 15.9 Å². The molecule has 0 spiro atoms. The van der Waals surface area contributed by atoms with Crippen molar-refractivity contribution in [1.29, 1.82) is 0 Å². The molecule has 0 saturated carbocycles. The minimum absolute atomic E-state index is 0.253. The quantitative estimate of drug-likeness (QED) is 0.772. The van der Waals surface area contributed by atoms with E-state index < -0.39 is 18.1 Å². The van der Waals surface area contributed by atoms with E-state index in [4.69, 9.17) is 10.8 Å². The third-order valence-corrected chi connectivity index (χ3v) is 2.56. The third-order valence-electron chi connectivity index (χ3n) is 2.03. The van der Waals surface area contributed by atoms with Crippen molar-refractivity contribution in [3.63, 3.8) is 0 Å². The molecule has 4 N–H and O–H groups in total. The van der Waals surface area contributed by atoms with Crippen molar-refractivity contribution in [2.45, 2.75) is 18.6 Å². The average Bonchev–Trinajstić information content (AvgIpc) is 2.17. The van der Waals surface area contributed by atoms with Crippen LogP contribution in [0.25, 0.3) is 0 Å². The summed E-state index contributed by atoms with van der Waals surface area (Å²) < 4.78 is 0.894. The summed E-state index contributed by atoms with van der Waals surface area (Å²) in [6.07, 6.45) is -1.20. The zero-order valence-electron chi connectivity index (χ0n) is 7.93. The molecule has 1 aromatic carbocycles. The van der Waals surface area contributed by atoms with Gasteiger partial charge in [-0.05, 0) is 17.7 Å². The van der Waals surface area contributed by atoms with E-state index >= 15 is 0 Å². The van der Waals surface area contributed by atoms with Gasteiger partial charge in [-0.25, -0.2) is 0 Å². The van der Waals surface area contributed by atoms with Crippen LogP contribution < -0.4 is 5.73 Å². The Labute approximate surface area is 95.8 Å². The Morgan fingerprint density at radius 1 is 1.40 bits per heavy atom. The highest BCUT2D eigenvalue weighted by atomic mass is 79.9. The zero-order chi connectivity index (χ0) is 11.4. The van der Waals surface area contributed by atoms with Gasteiger partial charge in [0.2, 0.25) is 0 Å². The molecule has 0 aliphatic carbocycles. The van der Waals surface area contributed by atoms with Crippen molar-refractivity contribution in [3.8, 4) is 0 Å². The van der Waals surface area contributed by atoms with Gasteiger partial charge in [0.1, 0.15) is 0 Å². The molecule has 4 nitrogen and oxygen atoms in total. The lowest BCUT2D eigenvalue weighted by Gasteiger charge is -2.17. The van der Waals surface area contributed by atoms with Gasteiger partial charge in [0.15, 0.2) is 0 Å². The number of aliphatic hydroxyl groups excluding tert-OH is 1. The van der Waals surface area contributed by atoms with Crippen LogP contribution in [-0.2, 0) is 4.79 Å². The number of aliphatic carboxylic acids is 1. The van der Waals surface area contributed by atoms with Gasteiger partial charge in [0.05, 0.1) is 12.5 Å². The van der Waals surface area contributed by atoms with Crippen LogP contribution >= 0.6 is 15.9 Å². The Morgan fingerprint density at radius 3 is 2.40 bits per heavy atom. The number of halogens is 1. The van der Waals surface area contributed by atoms with E-state index in [1.807, 2.05) is 0 Å². The molecule has 0 fully saturated rings. The number of carbonyl (C=O) groups is 1. The van der Waals surface area contributed by atoms with Crippen LogP contribution in [0.15, 0.2) is 28.7 Å². The Morgan fingerprint density at radius 2 is 1.93 bits per heavy atom. The van der Waals surface area contributed by atoms with Gasteiger partial charge < -0.3 is 15.9 Å². The normalized spacial score (nSPS) is 14.6. The lowest BCUT2D eigenvalue weighted by atomic mass is 10.0. The summed E-state index contributed by atoms with van der Waals surface area (Å²) in [4.78, 5) is 10.4. The standard InChI is InChI=1S/C10H12BrNO3/c11-7-3-1-6(2-4-7)10(15)8(12)5-9(13)14/h1-4,8,10,15H,5,12H2,(H,13,14). The summed E-state index contributed by atoms with van der Waals surface area (Å²) in [6.45, 7) is 0. The van der Waals surface area contributed by atoms with Crippen LogP contribution in [0, 0.1) is 0 Å². The number of aliphatic hydroxyl groups is 1. The minimum atomic E-state index is -1.02. The van der Waals surface area contributed by atoms with Gasteiger partial charge in [-0.2, -0.15) is 0 Å². The van der Waals surface area contributed by atoms with Crippen molar-refractivity contribution in [1.82, 2.24) is 0 Å². The lowest BCUT2D eigenvalue weighted by Crippen LogP contribution is -2.30. The largest absolute Gasteiger partial charge is 0.481 e. The number of carboxylic acids is 1.